The Morgan fingerprint density at radius 2 is 2.31 bits per heavy atom. The predicted octanol–water partition coefficient (Wildman–Crippen LogP) is 3.50. The van der Waals surface area contributed by atoms with Gasteiger partial charge in [-0.05, 0) is 31.4 Å². The maximum absolute atomic E-state index is 5.76. The second-order valence-corrected chi connectivity index (χ2v) is 5.03. The van der Waals surface area contributed by atoms with Crippen LogP contribution in [0.4, 0.5) is 0 Å². The van der Waals surface area contributed by atoms with Gasteiger partial charge in [-0.3, -0.25) is 0 Å². The van der Waals surface area contributed by atoms with E-state index in [0.29, 0.717) is 0 Å². The summed E-state index contributed by atoms with van der Waals surface area (Å²) in [6.07, 6.45) is 5.46. The number of benzene rings is 1. The molecule has 1 aromatic carbocycles. The van der Waals surface area contributed by atoms with E-state index in [1.165, 1.54) is 12.8 Å². The van der Waals surface area contributed by atoms with E-state index in [9.17, 15) is 0 Å². The molecule has 1 saturated heterocycles. The van der Waals surface area contributed by atoms with Gasteiger partial charge in [0.1, 0.15) is 0 Å². The maximum atomic E-state index is 5.76. The van der Waals surface area contributed by atoms with Crippen molar-refractivity contribution in [3.8, 4) is 0 Å². The Hall–Kier alpha value is -0.870. The Labute approximate surface area is 103 Å². The summed E-state index contributed by atoms with van der Waals surface area (Å²) in [5.74, 6) is 0. The molecule has 1 atom stereocenters. The van der Waals surface area contributed by atoms with Crippen LogP contribution < -0.4 is 0 Å². The van der Waals surface area contributed by atoms with Crippen LogP contribution in [-0.2, 0) is 4.74 Å². The zero-order valence-electron chi connectivity index (χ0n) is 8.90. The Balaban J connectivity index is 2.05. The molecule has 0 unspecified atom stereocenters. The number of fused-ring (bicyclic) bond motifs is 1. The Morgan fingerprint density at radius 1 is 1.38 bits per heavy atom. The van der Waals surface area contributed by atoms with Crippen LogP contribution in [0.3, 0.4) is 0 Å². The minimum Gasteiger partial charge on any atom is -0.356 e. The van der Waals surface area contributed by atoms with Gasteiger partial charge in [0.15, 0.2) is 6.23 Å². The molecule has 0 amide bonds. The van der Waals surface area contributed by atoms with Crippen molar-refractivity contribution in [3.05, 3.63) is 28.9 Å². The molecule has 1 fully saturated rings. The van der Waals surface area contributed by atoms with Gasteiger partial charge in [0.25, 0.3) is 0 Å². The van der Waals surface area contributed by atoms with E-state index in [0.717, 1.165) is 28.4 Å². The number of halogens is 1. The van der Waals surface area contributed by atoms with Gasteiger partial charge in [0.2, 0.25) is 0 Å². The molecule has 16 heavy (non-hydrogen) atoms. The molecular formula is C12H13BrN2O. The standard InChI is InChI=1S/C12H13BrN2O/c13-10-5-4-9-8-14-15(11(9)7-10)12-3-1-2-6-16-12/h4-5,7-8,12H,1-3,6H2/t12-/m0/s1. The molecule has 0 spiro atoms. The fraction of sp³-hybridized carbons (Fsp3) is 0.417. The van der Waals surface area contributed by atoms with Crippen LogP contribution in [0.15, 0.2) is 28.9 Å². The summed E-state index contributed by atoms with van der Waals surface area (Å²) in [6.45, 7) is 0.847. The predicted molar refractivity (Wildman–Crippen MR) is 66.3 cm³/mol. The molecule has 1 aliphatic heterocycles. The lowest BCUT2D eigenvalue weighted by molar-refractivity contribution is -0.0366. The number of ether oxygens (including phenoxy) is 1. The van der Waals surface area contributed by atoms with Crippen molar-refractivity contribution in [3.63, 3.8) is 0 Å². The van der Waals surface area contributed by atoms with Gasteiger partial charge >= 0.3 is 0 Å². The van der Waals surface area contributed by atoms with Crippen LogP contribution in [0.2, 0.25) is 0 Å². The zero-order chi connectivity index (χ0) is 11.0. The third kappa shape index (κ3) is 1.76. The Bertz CT molecular complexity index is 503. The quantitative estimate of drug-likeness (QED) is 0.800. The minimum absolute atomic E-state index is 0.112. The van der Waals surface area contributed by atoms with E-state index in [1.807, 2.05) is 16.9 Å². The lowest BCUT2D eigenvalue weighted by Gasteiger charge is -2.23. The number of hydrogen-bond donors (Lipinski definition) is 0. The molecule has 0 bridgehead atoms. The first-order chi connectivity index (χ1) is 7.84. The summed E-state index contributed by atoms with van der Waals surface area (Å²) < 4.78 is 8.84. The summed E-state index contributed by atoms with van der Waals surface area (Å²) >= 11 is 3.49. The molecule has 0 saturated carbocycles. The van der Waals surface area contributed by atoms with Gasteiger partial charge in [-0.25, -0.2) is 4.68 Å². The van der Waals surface area contributed by atoms with Crippen molar-refractivity contribution >= 4 is 26.8 Å². The molecule has 0 radical (unpaired) electrons. The lowest BCUT2D eigenvalue weighted by atomic mass is 10.2. The third-order valence-electron chi connectivity index (χ3n) is 2.99. The normalized spacial score (nSPS) is 21.4. The first-order valence-electron chi connectivity index (χ1n) is 5.59. The topological polar surface area (TPSA) is 27.1 Å². The highest BCUT2D eigenvalue weighted by molar-refractivity contribution is 9.10. The Morgan fingerprint density at radius 3 is 3.12 bits per heavy atom. The van der Waals surface area contributed by atoms with Crippen LogP contribution in [0.1, 0.15) is 25.5 Å². The first-order valence-corrected chi connectivity index (χ1v) is 6.38. The number of nitrogens with zero attached hydrogens (tertiary/aromatic N) is 2. The molecule has 2 aromatic rings. The highest BCUT2D eigenvalue weighted by atomic mass is 79.9. The molecule has 3 nitrogen and oxygen atoms in total. The summed E-state index contributed by atoms with van der Waals surface area (Å²) in [5.41, 5.74) is 1.14. The van der Waals surface area contributed by atoms with Crippen LogP contribution >= 0.6 is 15.9 Å². The summed E-state index contributed by atoms with van der Waals surface area (Å²) in [7, 11) is 0. The van der Waals surface area contributed by atoms with Crippen LogP contribution in [-0.4, -0.2) is 16.4 Å². The largest absolute Gasteiger partial charge is 0.356 e. The van der Waals surface area contributed by atoms with Crippen molar-refractivity contribution in [1.82, 2.24) is 9.78 Å². The van der Waals surface area contributed by atoms with Crippen LogP contribution in [0, 0.1) is 0 Å². The number of aromatic nitrogens is 2. The molecule has 1 aromatic heterocycles. The van der Waals surface area contributed by atoms with E-state index in [1.54, 1.807) is 0 Å². The van der Waals surface area contributed by atoms with Gasteiger partial charge in [-0.15, -0.1) is 0 Å². The number of hydrogen-bond acceptors (Lipinski definition) is 2. The van der Waals surface area contributed by atoms with Crippen molar-refractivity contribution in [2.45, 2.75) is 25.5 Å². The third-order valence-corrected chi connectivity index (χ3v) is 3.48. The molecule has 84 valence electrons. The zero-order valence-corrected chi connectivity index (χ0v) is 10.5. The molecular weight excluding hydrogens is 268 g/mol. The SMILES string of the molecule is Brc1ccc2cnn([C@@H]3CCCCO3)c2c1. The average molecular weight is 281 g/mol. The van der Waals surface area contributed by atoms with Gasteiger partial charge < -0.3 is 4.74 Å². The molecule has 2 heterocycles. The lowest BCUT2D eigenvalue weighted by Crippen LogP contribution is -2.18. The van der Waals surface area contributed by atoms with E-state index >= 15 is 0 Å². The first kappa shape index (κ1) is 10.3. The second kappa shape index (κ2) is 4.18. The van der Waals surface area contributed by atoms with Gasteiger partial charge in [-0.1, -0.05) is 22.0 Å². The summed E-state index contributed by atoms with van der Waals surface area (Å²) in [4.78, 5) is 0. The Kier molecular flexibility index (Phi) is 2.69. The van der Waals surface area contributed by atoms with Crippen molar-refractivity contribution in [2.75, 3.05) is 6.61 Å². The molecule has 1 aliphatic rings. The second-order valence-electron chi connectivity index (χ2n) is 4.11. The number of rotatable bonds is 1. The highest BCUT2D eigenvalue weighted by Gasteiger charge is 2.18. The smallest absolute Gasteiger partial charge is 0.150 e. The molecule has 0 N–H and O–H groups in total. The monoisotopic (exact) mass is 280 g/mol. The highest BCUT2D eigenvalue weighted by Crippen LogP contribution is 2.27. The van der Waals surface area contributed by atoms with Crippen molar-refractivity contribution in [1.29, 1.82) is 0 Å². The van der Waals surface area contributed by atoms with Gasteiger partial charge in [0.05, 0.1) is 11.7 Å². The average Bonchev–Trinajstić information content (AvgIpc) is 2.73. The summed E-state index contributed by atoms with van der Waals surface area (Å²) in [6, 6.07) is 6.21. The molecule has 4 heteroatoms. The fourth-order valence-corrected chi connectivity index (χ4v) is 2.51. The molecule has 3 rings (SSSR count). The van der Waals surface area contributed by atoms with Crippen LogP contribution in [0.5, 0.6) is 0 Å². The molecule has 0 aliphatic carbocycles. The van der Waals surface area contributed by atoms with Gasteiger partial charge in [0, 0.05) is 16.5 Å². The van der Waals surface area contributed by atoms with E-state index in [2.05, 4.69) is 33.2 Å². The fourth-order valence-electron chi connectivity index (χ4n) is 2.16. The summed E-state index contributed by atoms with van der Waals surface area (Å²) in [5, 5.41) is 5.60. The minimum atomic E-state index is 0.112. The van der Waals surface area contributed by atoms with Crippen LogP contribution in [0.25, 0.3) is 10.9 Å². The van der Waals surface area contributed by atoms with E-state index < -0.39 is 0 Å². The van der Waals surface area contributed by atoms with E-state index in [4.69, 9.17) is 4.74 Å². The van der Waals surface area contributed by atoms with E-state index in [-0.39, 0.29) is 6.23 Å². The van der Waals surface area contributed by atoms with Crippen molar-refractivity contribution < 1.29 is 4.74 Å². The van der Waals surface area contributed by atoms with Gasteiger partial charge in [-0.2, -0.15) is 5.10 Å². The van der Waals surface area contributed by atoms with Crippen molar-refractivity contribution in [2.24, 2.45) is 0 Å². The maximum Gasteiger partial charge on any atom is 0.150 e.